The Labute approximate surface area is 104 Å². The lowest BCUT2D eigenvalue weighted by Crippen LogP contribution is -2.12. The van der Waals surface area contributed by atoms with E-state index in [4.69, 9.17) is 9.84 Å². The second-order valence-corrected chi connectivity index (χ2v) is 3.52. The van der Waals surface area contributed by atoms with Crippen molar-refractivity contribution in [2.45, 2.75) is 12.8 Å². The van der Waals surface area contributed by atoms with Gasteiger partial charge in [-0.1, -0.05) is 0 Å². The molecule has 7 nitrogen and oxygen atoms in total. The molecule has 1 aromatic carbocycles. The minimum absolute atomic E-state index is 0.0838. The lowest BCUT2D eigenvalue weighted by Gasteiger charge is -2.09. The third-order valence-electron chi connectivity index (χ3n) is 2.23. The van der Waals surface area contributed by atoms with Crippen molar-refractivity contribution >= 4 is 17.3 Å². The van der Waals surface area contributed by atoms with Crippen molar-refractivity contribution < 1.29 is 19.6 Å². The molecule has 18 heavy (non-hydrogen) atoms. The molecule has 0 aliphatic carbocycles. The highest BCUT2D eigenvalue weighted by molar-refractivity contribution is 5.92. The minimum Gasteiger partial charge on any atom is -0.495 e. The van der Waals surface area contributed by atoms with E-state index in [1.165, 1.54) is 25.3 Å². The van der Waals surface area contributed by atoms with Crippen molar-refractivity contribution in [1.29, 1.82) is 0 Å². The van der Waals surface area contributed by atoms with E-state index in [9.17, 15) is 14.9 Å². The Morgan fingerprint density at radius 1 is 1.56 bits per heavy atom. The normalized spacial score (nSPS) is 9.89. The Bertz CT molecular complexity index is 447. The molecule has 0 aliphatic heterocycles. The SMILES string of the molecule is COc1ccc([N+](=O)[O-])cc1NC(=O)CCCO. The molecule has 0 saturated heterocycles. The number of aliphatic hydroxyl groups excluding tert-OH is 1. The summed E-state index contributed by atoms with van der Waals surface area (Å²) in [6.45, 7) is -0.0838. The zero-order valence-corrected chi connectivity index (χ0v) is 9.88. The van der Waals surface area contributed by atoms with Crippen molar-refractivity contribution in [1.82, 2.24) is 0 Å². The molecule has 0 fully saturated rings. The first-order valence-corrected chi connectivity index (χ1v) is 5.31. The second-order valence-electron chi connectivity index (χ2n) is 3.52. The summed E-state index contributed by atoms with van der Waals surface area (Å²) in [6.07, 6.45) is 0.478. The molecule has 0 radical (unpaired) electrons. The van der Waals surface area contributed by atoms with Gasteiger partial charge in [0.2, 0.25) is 5.91 Å². The molecule has 7 heteroatoms. The summed E-state index contributed by atoms with van der Waals surface area (Å²) < 4.78 is 5.00. The average Bonchev–Trinajstić information content (AvgIpc) is 2.36. The molecule has 98 valence electrons. The molecule has 0 heterocycles. The highest BCUT2D eigenvalue weighted by atomic mass is 16.6. The van der Waals surface area contributed by atoms with E-state index in [1.54, 1.807) is 0 Å². The molecule has 0 saturated carbocycles. The van der Waals surface area contributed by atoms with Gasteiger partial charge in [-0.25, -0.2) is 0 Å². The van der Waals surface area contributed by atoms with Crippen LogP contribution in [0.15, 0.2) is 18.2 Å². The predicted molar refractivity (Wildman–Crippen MR) is 64.6 cm³/mol. The summed E-state index contributed by atoms with van der Waals surface area (Å²) in [6, 6.07) is 3.94. The fourth-order valence-electron chi connectivity index (χ4n) is 1.36. The Kier molecular flexibility index (Phi) is 5.06. The van der Waals surface area contributed by atoms with Crippen molar-refractivity contribution in [3.8, 4) is 5.75 Å². The number of methoxy groups -OCH3 is 1. The number of benzene rings is 1. The van der Waals surface area contributed by atoms with Crippen molar-refractivity contribution in [3.63, 3.8) is 0 Å². The highest BCUT2D eigenvalue weighted by Crippen LogP contribution is 2.28. The van der Waals surface area contributed by atoms with E-state index in [0.29, 0.717) is 12.2 Å². The number of anilines is 1. The number of carbonyl (C=O) groups excluding carboxylic acids is 1. The number of carbonyl (C=O) groups is 1. The Balaban J connectivity index is 2.87. The van der Waals surface area contributed by atoms with Crippen molar-refractivity contribution in [3.05, 3.63) is 28.3 Å². The van der Waals surface area contributed by atoms with E-state index in [1.807, 2.05) is 0 Å². The van der Waals surface area contributed by atoms with Gasteiger partial charge < -0.3 is 15.2 Å². The average molecular weight is 254 g/mol. The maximum absolute atomic E-state index is 11.5. The van der Waals surface area contributed by atoms with Crippen LogP contribution < -0.4 is 10.1 Å². The summed E-state index contributed by atoms with van der Waals surface area (Å²) in [5.74, 6) is 0.0146. The minimum atomic E-state index is -0.553. The van der Waals surface area contributed by atoms with Crippen LogP contribution in [0.2, 0.25) is 0 Å². The van der Waals surface area contributed by atoms with E-state index in [2.05, 4.69) is 5.32 Å². The highest BCUT2D eigenvalue weighted by Gasteiger charge is 2.13. The molecule has 1 aromatic rings. The lowest BCUT2D eigenvalue weighted by atomic mass is 10.2. The predicted octanol–water partition coefficient (Wildman–Crippen LogP) is 1.31. The number of non-ortho nitro benzene ring substituents is 1. The smallest absolute Gasteiger partial charge is 0.271 e. The van der Waals surface area contributed by atoms with Crippen LogP contribution in [0.4, 0.5) is 11.4 Å². The molecule has 1 rings (SSSR count). The van der Waals surface area contributed by atoms with Crippen LogP contribution in [0.5, 0.6) is 5.75 Å². The fourth-order valence-corrected chi connectivity index (χ4v) is 1.36. The Hall–Kier alpha value is -2.15. The van der Waals surface area contributed by atoms with Gasteiger partial charge in [-0.15, -0.1) is 0 Å². The van der Waals surface area contributed by atoms with Gasteiger partial charge in [0, 0.05) is 25.2 Å². The quantitative estimate of drug-likeness (QED) is 0.588. The molecule has 0 aliphatic rings. The molecular weight excluding hydrogens is 240 g/mol. The van der Waals surface area contributed by atoms with Crippen LogP contribution in [0, 0.1) is 10.1 Å². The number of nitro groups is 1. The monoisotopic (exact) mass is 254 g/mol. The summed E-state index contributed by atoms with van der Waals surface area (Å²) in [5, 5.41) is 21.7. The van der Waals surface area contributed by atoms with Gasteiger partial charge in [0.15, 0.2) is 0 Å². The molecule has 0 bridgehead atoms. The van der Waals surface area contributed by atoms with E-state index in [-0.39, 0.29) is 30.3 Å². The summed E-state index contributed by atoms with van der Waals surface area (Å²) >= 11 is 0. The van der Waals surface area contributed by atoms with Crippen LogP contribution in [0.1, 0.15) is 12.8 Å². The third kappa shape index (κ3) is 3.70. The van der Waals surface area contributed by atoms with Crippen molar-refractivity contribution in [2.75, 3.05) is 19.0 Å². The largest absolute Gasteiger partial charge is 0.495 e. The number of amides is 1. The first kappa shape index (κ1) is 13.9. The fraction of sp³-hybridized carbons (Fsp3) is 0.364. The number of ether oxygens (including phenoxy) is 1. The van der Waals surface area contributed by atoms with Crippen LogP contribution in [-0.4, -0.2) is 29.7 Å². The zero-order valence-electron chi connectivity index (χ0n) is 9.88. The molecular formula is C11H14N2O5. The summed E-state index contributed by atoms with van der Waals surface area (Å²) in [5.41, 5.74) is 0.114. The summed E-state index contributed by atoms with van der Waals surface area (Å²) in [4.78, 5) is 21.5. The second kappa shape index (κ2) is 6.55. The number of hydrogen-bond donors (Lipinski definition) is 2. The first-order valence-electron chi connectivity index (χ1n) is 5.31. The van der Waals surface area contributed by atoms with Gasteiger partial charge in [0.05, 0.1) is 17.7 Å². The van der Waals surface area contributed by atoms with Crippen LogP contribution in [0.25, 0.3) is 0 Å². The number of nitrogens with zero attached hydrogens (tertiary/aromatic N) is 1. The Morgan fingerprint density at radius 3 is 2.83 bits per heavy atom. The van der Waals surface area contributed by atoms with E-state index >= 15 is 0 Å². The van der Waals surface area contributed by atoms with Gasteiger partial charge in [0.1, 0.15) is 5.75 Å². The zero-order chi connectivity index (χ0) is 13.5. The van der Waals surface area contributed by atoms with Gasteiger partial charge >= 0.3 is 0 Å². The van der Waals surface area contributed by atoms with E-state index < -0.39 is 4.92 Å². The number of aliphatic hydroxyl groups is 1. The molecule has 1 amide bonds. The number of nitro benzene ring substituents is 1. The maximum atomic E-state index is 11.5. The van der Waals surface area contributed by atoms with Gasteiger partial charge in [-0.2, -0.15) is 0 Å². The lowest BCUT2D eigenvalue weighted by molar-refractivity contribution is -0.384. The van der Waals surface area contributed by atoms with Crippen molar-refractivity contribution in [2.24, 2.45) is 0 Å². The summed E-state index contributed by atoms with van der Waals surface area (Å²) in [7, 11) is 1.41. The molecule has 2 N–H and O–H groups in total. The molecule has 0 aromatic heterocycles. The van der Waals surface area contributed by atoms with Gasteiger partial charge in [-0.05, 0) is 12.5 Å². The first-order chi connectivity index (χ1) is 8.58. The number of nitrogens with one attached hydrogen (secondary N) is 1. The van der Waals surface area contributed by atoms with Gasteiger partial charge in [-0.3, -0.25) is 14.9 Å². The van der Waals surface area contributed by atoms with Crippen LogP contribution in [0.3, 0.4) is 0 Å². The van der Waals surface area contributed by atoms with Gasteiger partial charge in [0.25, 0.3) is 5.69 Å². The molecule has 0 unspecified atom stereocenters. The Morgan fingerprint density at radius 2 is 2.28 bits per heavy atom. The molecule has 0 atom stereocenters. The van der Waals surface area contributed by atoms with E-state index in [0.717, 1.165) is 0 Å². The maximum Gasteiger partial charge on any atom is 0.271 e. The standard InChI is InChI=1S/C11H14N2O5/c1-18-10-5-4-8(13(16)17)7-9(10)12-11(15)3-2-6-14/h4-5,7,14H,2-3,6H2,1H3,(H,12,15). The topological polar surface area (TPSA) is 102 Å². The van der Waals surface area contributed by atoms with Crippen LogP contribution >= 0.6 is 0 Å². The molecule has 0 spiro atoms. The third-order valence-corrected chi connectivity index (χ3v) is 2.23. The number of rotatable bonds is 6. The van der Waals surface area contributed by atoms with Crippen LogP contribution in [-0.2, 0) is 4.79 Å². The number of hydrogen-bond acceptors (Lipinski definition) is 5.